The van der Waals surface area contributed by atoms with E-state index in [0.29, 0.717) is 4.68 Å². The van der Waals surface area contributed by atoms with Gasteiger partial charge in [0.25, 0.3) is 5.91 Å². The van der Waals surface area contributed by atoms with E-state index >= 15 is 0 Å². The first-order valence-corrected chi connectivity index (χ1v) is 6.49. The van der Waals surface area contributed by atoms with Crippen LogP contribution in [0.3, 0.4) is 0 Å². The molecule has 0 fully saturated rings. The molecule has 1 amide bonds. The van der Waals surface area contributed by atoms with Gasteiger partial charge in [0, 0.05) is 14.1 Å². The highest BCUT2D eigenvalue weighted by molar-refractivity contribution is 9.10. The highest BCUT2D eigenvalue weighted by Crippen LogP contribution is 2.36. The number of rotatable bonds is 2. The van der Waals surface area contributed by atoms with E-state index < -0.39 is 27.9 Å². The quantitative estimate of drug-likeness (QED) is 0.868. The van der Waals surface area contributed by atoms with Crippen molar-refractivity contribution >= 4 is 27.7 Å². The van der Waals surface area contributed by atoms with E-state index in [9.17, 15) is 18.0 Å². The fourth-order valence-electron chi connectivity index (χ4n) is 1.79. The summed E-state index contributed by atoms with van der Waals surface area (Å²) >= 11 is 2.75. The Morgan fingerprint density at radius 3 is 2.55 bits per heavy atom. The highest BCUT2D eigenvalue weighted by atomic mass is 79.9. The number of aryl methyl sites for hydroxylation is 2. The minimum Gasteiger partial charge on any atom is -0.304 e. The Morgan fingerprint density at radius 1 is 1.41 bits per heavy atom. The number of aromatic nitrogens is 4. The molecule has 0 atom stereocenters. The monoisotopic (exact) mass is 376 g/mol. The fraction of sp³-hybridized carbons (Fsp3) is 0.273. The topological polar surface area (TPSA) is 88.5 Å². The van der Waals surface area contributed by atoms with Crippen LogP contribution < -0.4 is 5.32 Å². The molecule has 2 aromatic heterocycles. The van der Waals surface area contributed by atoms with Gasteiger partial charge < -0.3 is 5.32 Å². The molecular weight excluding hydrogens is 369 g/mol. The van der Waals surface area contributed by atoms with Gasteiger partial charge in [-0.05, 0) is 15.9 Å². The summed E-state index contributed by atoms with van der Waals surface area (Å²) in [4.78, 5) is 12.1. The van der Waals surface area contributed by atoms with E-state index in [-0.39, 0.29) is 11.4 Å². The van der Waals surface area contributed by atoms with Gasteiger partial charge in [-0.25, -0.2) is 0 Å². The lowest BCUT2D eigenvalue weighted by Crippen LogP contribution is -2.16. The number of nitrogens with zero attached hydrogens (tertiary/aromatic N) is 5. The highest BCUT2D eigenvalue weighted by Gasteiger charge is 2.39. The minimum atomic E-state index is -4.66. The summed E-state index contributed by atoms with van der Waals surface area (Å²) in [7, 11) is 2.56. The lowest BCUT2D eigenvalue weighted by atomic mass is 10.3. The summed E-state index contributed by atoms with van der Waals surface area (Å²) in [5, 5.41) is 18.6. The van der Waals surface area contributed by atoms with E-state index in [0.717, 1.165) is 7.05 Å². The van der Waals surface area contributed by atoms with Crippen LogP contribution in [0.5, 0.6) is 0 Å². The molecule has 2 aromatic rings. The van der Waals surface area contributed by atoms with Gasteiger partial charge in [-0.2, -0.15) is 28.6 Å². The van der Waals surface area contributed by atoms with Crippen molar-refractivity contribution in [3.05, 3.63) is 27.6 Å². The number of amides is 1. The van der Waals surface area contributed by atoms with Crippen LogP contribution in [-0.4, -0.2) is 25.5 Å². The van der Waals surface area contributed by atoms with Gasteiger partial charge in [-0.3, -0.25) is 14.2 Å². The van der Waals surface area contributed by atoms with Gasteiger partial charge in [0.05, 0.1) is 10.7 Å². The lowest BCUT2D eigenvalue weighted by Gasteiger charge is -2.06. The van der Waals surface area contributed by atoms with Gasteiger partial charge in [0.1, 0.15) is 17.5 Å². The zero-order chi connectivity index (χ0) is 16.7. The average molecular weight is 377 g/mol. The SMILES string of the molecule is Cn1ncc(C#N)c1NC(=O)c1nn(C)c(C(F)(F)F)c1Br. The summed E-state index contributed by atoms with van der Waals surface area (Å²) < 4.78 is 39.9. The zero-order valence-corrected chi connectivity index (χ0v) is 12.8. The summed E-state index contributed by atoms with van der Waals surface area (Å²) in [6, 6.07) is 1.81. The molecule has 116 valence electrons. The van der Waals surface area contributed by atoms with Crippen LogP contribution in [0.4, 0.5) is 19.0 Å². The standard InChI is InChI=1S/C11H8BrF3N6O/c1-20-8(11(13,14)15)6(12)7(19-20)10(22)18-9-5(3-16)4-17-21(9)2/h4H,1-2H3,(H,18,22). The van der Waals surface area contributed by atoms with Crippen molar-refractivity contribution in [1.29, 1.82) is 5.26 Å². The summed E-state index contributed by atoms with van der Waals surface area (Å²) in [5.74, 6) is -0.823. The smallest absolute Gasteiger partial charge is 0.304 e. The molecule has 0 spiro atoms. The van der Waals surface area contributed by atoms with E-state index in [1.165, 1.54) is 17.9 Å². The van der Waals surface area contributed by atoms with E-state index in [1.807, 2.05) is 6.07 Å². The molecule has 7 nitrogen and oxygen atoms in total. The van der Waals surface area contributed by atoms with Crippen molar-refractivity contribution in [2.75, 3.05) is 5.32 Å². The van der Waals surface area contributed by atoms with Crippen molar-refractivity contribution in [2.45, 2.75) is 6.18 Å². The van der Waals surface area contributed by atoms with Crippen LogP contribution in [0.15, 0.2) is 10.7 Å². The van der Waals surface area contributed by atoms with Crippen molar-refractivity contribution in [2.24, 2.45) is 14.1 Å². The van der Waals surface area contributed by atoms with Crippen molar-refractivity contribution in [3.63, 3.8) is 0 Å². The Morgan fingerprint density at radius 2 is 2.05 bits per heavy atom. The molecule has 0 bridgehead atoms. The number of carbonyl (C=O) groups excluding carboxylic acids is 1. The first-order valence-electron chi connectivity index (χ1n) is 5.70. The third-order valence-corrected chi connectivity index (χ3v) is 3.52. The third-order valence-electron chi connectivity index (χ3n) is 2.76. The predicted octanol–water partition coefficient (Wildman–Crippen LogP) is 2.06. The number of carbonyl (C=O) groups is 1. The molecule has 0 aliphatic carbocycles. The van der Waals surface area contributed by atoms with Crippen LogP contribution >= 0.6 is 15.9 Å². The lowest BCUT2D eigenvalue weighted by molar-refractivity contribution is -0.144. The van der Waals surface area contributed by atoms with Gasteiger partial charge in [0.15, 0.2) is 11.4 Å². The maximum atomic E-state index is 12.9. The van der Waals surface area contributed by atoms with Gasteiger partial charge in [0.2, 0.25) is 0 Å². The minimum absolute atomic E-state index is 0.0682. The van der Waals surface area contributed by atoms with Crippen molar-refractivity contribution in [3.8, 4) is 6.07 Å². The summed E-state index contributed by atoms with van der Waals surface area (Å²) in [6.45, 7) is 0. The van der Waals surface area contributed by atoms with E-state index in [4.69, 9.17) is 5.26 Å². The second-order valence-electron chi connectivity index (χ2n) is 4.23. The molecular formula is C11H8BrF3N6O. The van der Waals surface area contributed by atoms with Crippen LogP contribution in [0.1, 0.15) is 21.7 Å². The van der Waals surface area contributed by atoms with Crippen LogP contribution in [0, 0.1) is 11.3 Å². The molecule has 2 heterocycles. The molecule has 0 aliphatic heterocycles. The van der Waals surface area contributed by atoms with Crippen LogP contribution in [0.2, 0.25) is 0 Å². The number of hydrogen-bond donors (Lipinski definition) is 1. The first-order chi connectivity index (χ1) is 10.2. The number of alkyl halides is 3. The zero-order valence-electron chi connectivity index (χ0n) is 11.2. The van der Waals surface area contributed by atoms with Gasteiger partial charge >= 0.3 is 6.18 Å². The Labute approximate surface area is 130 Å². The van der Waals surface area contributed by atoms with Crippen LogP contribution in [-0.2, 0) is 20.3 Å². The second-order valence-corrected chi connectivity index (χ2v) is 5.02. The number of anilines is 1. The molecule has 0 radical (unpaired) electrons. The maximum Gasteiger partial charge on any atom is 0.434 e. The van der Waals surface area contributed by atoms with Gasteiger partial charge in [-0.15, -0.1) is 0 Å². The number of nitrogens with one attached hydrogen (secondary N) is 1. The molecule has 1 N–H and O–H groups in total. The Bertz CT molecular complexity index is 785. The number of halogens is 4. The second kappa shape index (κ2) is 5.45. The fourth-order valence-corrected chi connectivity index (χ4v) is 2.53. The van der Waals surface area contributed by atoms with Crippen LogP contribution in [0.25, 0.3) is 0 Å². The molecule has 0 saturated carbocycles. The summed E-state index contributed by atoms with van der Waals surface area (Å²) in [5.41, 5.74) is -1.44. The molecule has 22 heavy (non-hydrogen) atoms. The third kappa shape index (κ3) is 2.69. The van der Waals surface area contributed by atoms with Crippen molar-refractivity contribution < 1.29 is 18.0 Å². The number of nitriles is 1. The normalized spacial score (nSPS) is 11.3. The average Bonchev–Trinajstić information content (AvgIpc) is 2.90. The molecule has 0 unspecified atom stereocenters. The maximum absolute atomic E-state index is 12.9. The van der Waals surface area contributed by atoms with Crippen molar-refractivity contribution in [1.82, 2.24) is 19.6 Å². The van der Waals surface area contributed by atoms with E-state index in [2.05, 4.69) is 31.4 Å². The molecule has 2 rings (SSSR count). The first kappa shape index (κ1) is 16.0. The summed E-state index contributed by atoms with van der Waals surface area (Å²) in [6.07, 6.45) is -3.44. The predicted molar refractivity (Wildman–Crippen MR) is 71.8 cm³/mol. The molecule has 11 heteroatoms. The molecule has 0 saturated heterocycles. The Kier molecular flexibility index (Phi) is 3.97. The Hall–Kier alpha value is -2.35. The molecule has 0 aromatic carbocycles. The van der Waals surface area contributed by atoms with Gasteiger partial charge in [-0.1, -0.05) is 0 Å². The Balaban J connectivity index is 2.40. The number of hydrogen-bond acceptors (Lipinski definition) is 4. The largest absolute Gasteiger partial charge is 0.434 e. The molecule has 0 aliphatic rings. The van der Waals surface area contributed by atoms with E-state index in [1.54, 1.807) is 0 Å².